The Balaban J connectivity index is 1.51. The first-order valence-electron chi connectivity index (χ1n) is 12.3. The summed E-state index contributed by atoms with van der Waals surface area (Å²) in [6.07, 6.45) is 3.82. The molecule has 34 heavy (non-hydrogen) atoms. The van der Waals surface area contributed by atoms with Crippen LogP contribution in [0.25, 0.3) is 0 Å². The molecular formula is C24H38N6O4. The van der Waals surface area contributed by atoms with Crippen molar-refractivity contribution in [3.05, 3.63) is 11.9 Å². The zero-order valence-electron chi connectivity index (χ0n) is 21.0. The Bertz CT molecular complexity index is 957. The van der Waals surface area contributed by atoms with Gasteiger partial charge in [-0.05, 0) is 30.1 Å². The first-order valence-corrected chi connectivity index (χ1v) is 12.3. The molecular weight excluding hydrogens is 436 g/mol. The third kappa shape index (κ3) is 4.96. The van der Waals surface area contributed by atoms with Crippen molar-refractivity contribution < 1.29 is 19.5 Å². The Morgan fingerprint density at radius 3 is 2.41 bits per heavy atom. The van der Waals surface area contributed by atoms with Crippen LogP contribution >= 0.6 is 0 Å². The van der Waals surface area contributed by atoms with Crippen LogP contribution in [0.3, 0.4) is 0 Å². The van der Waals surface area contributed by atoms with Crippen LogP contribution in [0, 0.1) is 10.8 Å². The van der Waals surface area contributed by atoms with Crippen LogP contribution in [0.5, 0.6) is 0 Å². The molecule has 10 nitrogen and oxygen atoms in total. The van der Waals surface area contributed by atoms with E-state index in [1.807, 2.05) is 47.7 Å². The Hall–Kier alpha value is -2.49. The molecule has 10 heteroatoms. The molecule has 3 fully saturated rings. The van der Waals surface area contributed by atoms with E-state index in [9.17, 15) is 19.5 Å². The average Bonchev–Trinajstić information content (AvgIpc) is 3.12. The van der Waals surface area contributed by atoms with E-state index in [2.05, 4.69) is 20.9 Å². The third-order valence-corrected chi connectivity index (χ3v) is 7.17. The van der Waals surface area contributed by atoms with Crippen molar-refractivity contribution in [2.75, 3.05) is 6.54 Å². The molecule has 0 spiro atoms. The molecule has 188 valence electrons. The molecule has 1 saturated carbocycles. The lowest BCUT2D eigenvalue weighted by Crippen LogP contribution is -2.53. The van der Waals surface area contributed by atoms with Gasteiger partial charge in [-0.2, -0.15) is 0 Å². The lowest BCUT2D eigenvalue weighted by Gasteiger charge is -2.34. The van der Waals surface area contributed by atoms with Crippen molar-refractivity contribution in [3.8, 4) is 0 Å². The van der Waals surface area contributed by atoms with Crippen LogP contribution in [0.15, 0.2) is 6.20 Å². The molecule has 3 heterocycles. The third-order valence-electron chi connectivity index (χ3n) is 7.17. The molecule has 4 rings (SSSR count). The fourth-order valence-electron chi connectivity index (χ4n) is 4.96. The minimum Gasteiger partial charge on any atom is -0.391 e. The van der Waals surface area contributed by atoms with Gasteiger partial charge in [-0.25, -0.2) is 4.68 Å². The van der Waals surface area contributed by atoms with Crippen LogP contribution < -0.4 is 10.6 Å². The maximum absolute atomic E-state index is 13.8. The molecule has 0 radical (unpaired) electrons. The number of aliphatic hydroxyl groups is 1. The minimum atomic E-state index is -0.847. The summed E-state index contributed by atoms with van der Waals surface area (Å²) >= 11 is 0. The van der Waals surface area contributed by atoms with Crippen molar-refractivity contribution in [1.82, 2.24) is 30.5 Å². The van der Waals surface area contributed by atoms with E-state index in [0.717, 1.165) is 18.5 Å². The number of likely N-dealkylation sites (tertiary alicyclic amines) is 1. The highest BCUT2D eigenvalue weighted by atomic mass is 16.3. The lowest BCUT2D eigenvalue weighted by atomic mass is 9.85. The summed E-state index contributed by atoms with van der Waals surface area (Å²) in [5.74, 6) is -0.497. The molecule has 2 aliphatic heterocycles. The van der Waals surface area contributed by atoms with Gasteiger partial charge in [-0.1, -0.05) is 46.8 Å². The second kappa shape index (κ2) is 8.62. The molecule has 0 aromatic carbocycles. The number of nitrogens with zero attached hydrogens (tertiary/aromatic N) is 4. The molecule has 3 amide bonds. The lowest BCUT2D eigenvalue weighted by molar-refractivity contribution is -0.144. The molecule has 1 aromatic heterocycles. The molecule has 1 aromatic rings. The smallest absolute Gasteiger partial charge is 0.248 e. The predicted octanol–water partition coefficient (Wildman–Crippen LogP) is 1.12. The number of amides is 3. The Morgan fingerprint density at radius 1 is 1.18 bits per heavy atom. The van der Waals surface area contributed by atoms with E-state index in [-0.39, 0.29) is 36.2 Å². The summed E-state index contributed by atoms with van der Waals surface area (Å²) in [5, 5.41) is 24.7. The summed E-state index contributed by atoms with van der Waals surface area (Å²) in [4.78, 5) is 41.0. The second-order valence-electron chi connectivity index (χ2n) is 12.3. The number of carbonyl (C=O) groups excluding carboxylic acids is 3. The average molecular weight is 475 g/mol. The number of β-amino-alcohol motifs (C(OH)–C–C–N with tert-alkyl or cyclic N) is 1. The van der Waals surface area contributed by atoms with Gasteiger partial charge < -0.3 is 20.6 Å². The van der Waals surface area contributed by atoms with Gasteiger partial charge in [-0.3, -0.25) is 14.4 Å². The molecule has 3 aliphatic rings. The summed E-state index contributed by atoms with van der Waals surface area (Å²) in [7, 11) is 0. The number of hydrogen-bond donors (Lipinski definition) is 3. The first-order chi connectivity index (χ1) is 15.8. The van der Waals surface area contributed by atoms with Gasteiger partial charge in [0.15, 0.2) is 0 Å². The number of aromatic nitrogens is 3. The molecule has 2 saturated heterocycles. The summed E-state index contributed by atoms with van der Waals surface area (Å²) in [5.41, 5.74) is 0.266. The predicted molar refractivity (Wildman–Crippen MR) is 125 cm³/mol. The summed E-state index contributed by atoms with van der Waals surface area (Å²) in [6.45, 7) is 12.0. The van der Waals surface area contributed by atoms with Crippen LogP contribution in [-0.2, 0) is 14.4 Å². The largest absolute Gasteiger partial charge is 0.391 e. The number of hydrogen-bond acceptors (Lipinski definition) is 6. The van der Waals surface area contributed by atoms with E-state index >= 15 is 0 Å². The van der Waals surface area contributed by atoms with Gasteiger partial charge >= 0.3 is 0 Å². The van der Waals surface area contributed by atoms with Gasteiger partial charge in [0.2, 0.25) is 17.7 Å². The topological polar surface area (TPSA) is 129 Å². The second-order valence-corrected chi connectivity index (χ2v) is 12.3. The number of nitrogens with one attached hydrogen (secondary N) is 2. The van der Waals surface area contributed by atoms with E-state index < -0.39 is 35.6 Å². The van der Waals surface area contributed by atoms with Crippen molar-refractivity contribution in [2.24, 2.45) is 10.8 Å². The Kier molecular flexibility index (Phi) is 6.25. The molecule has 0 bridgehead atoms. The molecule has 3 N–H and O–H groups in total. The van der Waals surface area contributed by atoms with Crippen molar-refractivity contribution in [2.45, 2.75) is 103 Å². The molecule has 1 aliphatic carbocycles. The number of aliphatic hydroxyl groups excluding tert-OH is 1. The van der Waals surface area contributed by atoms with Gasteiger partial charge in [0.25, 0.3) is 0 Å². The molecule has 5 atom stereocenters. The van der Waals surface area contributed by atoms with E-state index in [1.165, 1.54) is 4.90 Å². The fourth-order valence-corrected chi connectivity index (χ4v) is 4.96. The van der Waals surface area contributed by atoms with Gasteiger partial charge in [0.05, 0.1) is 11.8 Å². The van der Waals surface area contributed by atoms with E-state index in [1.54, 1.807) is 4.68 Å². The minimum absolute atomic E-state index is 0.0459. The van der Waals surface area contributed by atoms with Crippen molar-refractivity contribution in [1.29, 1.82) is 0 Å². The van der Waals surface area contributed by atoms with Crippen molar-refractivity contribution in [3.63, 3.8) is 0 Å². The quantitative estimate of drug-likeness (QED) is 0.587. The summed E-state index contributed by atoms with van der Waals surface area (Å²) in [6, 6.07) is -2.22. The van der Waals surface area contributed by atoms with Crippen LogP contribution in [0.2, 0.25) is 0 Å². The van der Waals surface area contributed by atoms with Gasteiger partial charge in [-0.15, -0.1) is 5.10 Å². The first kappa shape index (κ1) is 24.6. The highest BCUT2D eigenvalue weighted by Crippen LogP contribution is 2.40. The maximum Gasteiger partial charge on any atom is 0.248 e. The highest BCUT2D eigenvalue weighted by molar-refractivity contribution is 5.94. The summed E-state index contributed by atoms with van der Waals surface area (Å²) < 4.78 is 1.61. The number of rotatable bonds is 5. The van der Waals surface area contributed by atoms with Gasteiger partial charge in [0, 0.05) is 31.1 Å². The van der Waals surface area contributed by atoms with E-state index in [0.29, 0.717) is 12.3 Å². The zero-order chi connectivity index (χ0) is 25.0. The van der Waals surface area contributed by atoms with Crippen LogP contribution in [-0.4, -0.2) is 73.5 Å². The van der Waals surface area contributed by atoms with Crippen LogP contribution in [0.4, 0.5) is 0 Å². The normalized spacial score (nSPS) is 28.7. The standard InChI is InChI=1S/C24H38N6O4/c1-23(2,3)18-10-15(20(32)26-18)25-21(33)17-9-14(31)11-29(17)22(34)19(24(4,5)6)30-12-16(27-28-30)13-7-8-13/h12-15,17-19,31H,7-11H2,1-6H3,(H,25,33)(H,26,32)/t14-,15-,17+,18-,19-/m1/s1. The Labute approximate surface area is 200 Å². The zero-order valence-corrected chi connectivity index (χ0v) is 21.0. The molecule has 0 unspecified atom stereocenters. The van der Waals surface area contributed by atoms with Crippen LogP contribution in [0.1, 0.15) is 84.9 Å². The Morgan fingerprint density at radius 2 is 1.85 bits per heavy atom. The fraction of sp³-hybridized carbons (Fsp3) is 0.792. The monoisotopic (exact) mass is 474 g/mol. The van der Waals surface area contributed by atoms with E-state index in [4.69, 9.17) is 0 Å². The maximum atomic E-state index is 13.8. The van der Waals surface area contributed by atoms with Crippen molar-refractivity contribution >= 4 is 17.7 Å². The highest BCUT2D eigenvalue weighted by Gasteiger charge is 2.47. The SMILES string of the molecule is CC(C)(C)[C@H]1C[C@@H](NC(=O)[C@@H]2C[C@@H](O)CN2C(=O)[C@@H](n2cc(C3CC3)nn2)C(C)(C)C)C(=O)N1. The number of carbonyl (C=O) groups is 3. The van der Waals surface area contributed by atoms with Gasteiger partial charge in [0.1, 0.15) is 18.1 Å².